The molecule has 0 unspecified atom stereocenters. The molecule has 2 aromatic rings. The van der Waals surface area contributed by atoms with E-state index in [0.29, 0.717) is 0 Å². The Balaban J connectivity index is 1.86. The Morgan fingerprint density at radius 2 is 1.70 bits per heavy atom. The van der Waals surface area contributed by atoms with Crippen LogP contribution in [0.4, 0.5) is 5.69 Å². The molecule has 144 valence electrons. The van der Waals surface area contributed by atoms with E-state index in [1.54, 1.807) is 0 Å². The van der Waals surface area contributed by atoms with Crippen molar-refractivity contribution in [1.82, 2.24) is 0 Å². The van der Waals surface area contributed by atoms with Crippen LogP contribution < -0.4 is 5.32 Å². The number of carbonyl (C=O) groups excluding carboxylic acids is 2. The molecule has 0 saturated carbocycles. The van der Waals surface area contributed by atoms with Crippen molar-refractivity contribution in [3.8, 4) is 0 Å². The molecule has 0 spiro atoms. The van der Waals surface area contributed by atoms with Crippen LogP contribution in [0.5, 0.6) is 0 Å². The molecule has 0 bridgehead atoms. The van der Waals surface area contributed by atoms with Gasteiger partial charge in [-0.3, -0.25) is 9.59 Å². The molecule has 0 aliphatic rings. The number of para-hydroxylation sites is 1. The summed E-state index contributed by atoms with van der Waals surface area (Å²) in [4.78, 5) is 25.2. The minimum Gasteiger partial charge on any atom is -0.455 e. The predicted molar refractivity (Wildman–Crippen MR) is 111 cm³/mol. The largest absolute Gasteiger partial charge is 0.455 e. The van der Waals surface area contributed by atoms with E-state index in [2.05, 4.69) is 25.2 Å². The van der Waals surface area contributed by atoms with Crippen LogP contribution in [0.15, 0.2) is 41.3 Å². The molecule has 1 amide bonds. The zero-order valence-corrected chi connectivity index (χ0v) is 17.2. The first kappa shape index (κ1) is 21.0. The number of ether oxygens (including phenoxy) is 1. The number of esters is 1. The van der Waals surface area contributed by atoms with Gasteiger partial charge in [0.05, 0.1) is 5.75 Å². The lowest BCUT2D eigenvalue weighted by molar-refractivity contribution is -0.144. The van der Waals surface area contributed by atoms with Gasteiger partial charge in [-0.2, -0.15) is 0 Å². The lowest BCUT2D eigenvalue weighted by atomic mass is 10.0. The SMILES string of the molecule is CCc1cccc(CC)c1NC(=O)COC(=O)CSc1ccc(C)cc1C. The van der Waals surface area contributed by atoms with Crippen LogP contribution in [0.3, 0.4) is 0 Å². The quantitative estimate of drug-likeness (QED) is 0.528. The summed E-state index contributed by atoms with van der Waals surface area (Å²) in [5, 5.41) is 2.90. The standard InChI is InChI=1S/C22H27NO3S/c1-5-17-8-7-9-18(6-2)22(17)23-20(24)13-26-21(25)14-27-19-11-10-15(3)12-16(19)4/h7-12H,5-6,13-14H2,1-4H3,(H,23,24). The van der Waals surface area contributed by atoms with Crippen molar-refractivity contribution in [1.29, 1.82) is 0 Å². The molecule has 0 atom stereocenters. The Hall–Kier alpha value is -2.27. The lowest BCUT2D eigenvalue weighted by Gasteiger charge is -2.14. The smallest absolute Gasteiger partial charge is 0.316 e. The van der Waals surface area contributed by atoms with Gasteiger partial charge in [0.15, 0.2) is 6.61 Å². The van der Waals surface area contributed by atoms with Gasteiger partial charge in [0, 0.05) is 10.6 Å². The van der Waals surface area contributed by atoms with E-state index in [-0.39, 0.29) is 18.3 Å². The lowest BCUT2D eigenvalue weighted by Crippen LogP contribution is -2.23. The normalized spacial score (nSPS) is 10.5. The minimum atomic E-state index is -0.394. The first-order valence-electron chi connectivity index (χ1n) is 9.20. The fraction of sp³-hybridized carbons (Fsp3) is 0.364. The van der Waals surface area contributed by atoms with Crippen LogP contribution in [-0.4, -0.2) is 24.2 Å². The number of hydrogen-bond donors (Lipinski definition) is 1. The first-order chi connectivity index (χ1) is 12.9. The average molecular weight is 386 g/mol. The van der Waals surface area contributed by atoms with Crippen LogP contribution in [0.2, 0.25) is 0 Å². The molecule has 0 aliphatic heterocycles. The Kier molecular flexibility index (Phi) is 7.92. The molecule has 0 heterocycles. The second kappa shape index (κ2) is 10.2. The number of amides is 1. The third kappa shape index (κ3) is 6.14. The Morgan fingerprint density at radius 3 is 2.30 bits per heavy atom. The monoisotopic (exact) mass is 385 g/mol. The molecule has 27 heavy (non-hydrogen) atoms. The summed E-state index contributed by atoms with van der Waals surface area (Å²) in [7, 11) is 0. The molecular formula is C22H27NO3S. The fourth-order valence-electron chi connectivity index (χ4n) is 2.86. The highest BCUT2D eigenvalue weighted by atomic mass is 32.2. The third-order valence-corrected chi connectivity index (χ3v) is 5.45. The summed E-state index contributed by atoms with van der Waals surface area (Å²) >= 11 is 1.43. The number of aryl methyl sites for hydroxylation is 4. The molecule has 0 fully saturated rings. The zero-order chi connectivity index (χ0) is 19.8. The van der Waals surface area contributed by atoms with Crippen molar-refractivity contribution < 1.29 is 14.3 Å². The Labute approximate surface area is 165 Å². The van der Waals surface area contributed by atoms with Crippen molar-refractivity contribution in [3.05, 3.63) is 58.7 Å². The van der Waals surface area contributed by atoms with Gasteiger partial charge in [0.2, 0.25) is 0 Å². The van der Waals surface area contributed by atoms with Crippen molar-refractivity contribution >= 4 is 29.3 Å². The van der Waals surface area contributed by atoms with Gasteiger partial charge >= 0.3 is 5.97 Å². The maximum Gasteiger partial charge on any atom is 0.316 e. The average Bonchev–Trinajstić information content (AvgIpc) is 2.65. The minimum absolute atomic E-state index is 0.183. The number of anilines is 1. The summed E-state index contributed by atoms with van der Waals surface area (Å²) in [5.74, 6) is -0.520. The molecule has 5 heteroatoms. The summed E-state index contributed by atoms with van der Waals surface area (Å²) in [6.45, 7) is 7.89. The van der Waals surface area contributed by atoms with E-state index in [0.717, 1.165) is 40.1 Å². The summed E-state index contributed by atoms with van der Waals surface area (Å²) in [6, 6.07) is 12.1. The molecule has 0 aromatic heterocycles. The van der Waals surface area contributed by atoms with E-state index in [1.165, 1.54) is 17.3 Å². The van der Waals surface area contributed by atoms with Gasteiger partial charge in [-0.05, 0) is 49.4 Å². The van der Waals surface area contributed by atoms with E-state index >= 15 is 0 Å². The van der Waals surface area contributed by atoms with Gasteiger partial charge in [0.25, 0.3) is 5.91 Å². The summed E-state index contributed by atoms with van der Waals surface area (Å²) in [5.41, 5.74) is 5.33. The topological polar surface area (TPSA) is 55.4 Å². The second-order valence-electron chi connectivity index (χ2n) is 6.42. The number of hydrogen-bond acceptors (Lipinski definition) is 4. The Morgan fingerprint density at radius 1 is 1.04 bits per heavy atom. The fourth-order valence-corrected chi connectivity index (χ4v) is 3.67. The van der Waals surface area contributed by atoms with Gasteiger partial charge in [-0.25, -0.2) is 0 Å². The maximum atomic E-state index is 12.2. The van der Waals surface area contributed by atoms with Gasteiger partial charge in [-0.1, -0.05) is 49.7 Å². The highest BCUT2D eigenvalue weighted by molar-refractivity contribution is 8.00. The van der Waals surface area contributed by atoms with E-state index in [9.17, 15) is 9.59 Å². The zero-order valence-electron chi connectivity index (χ0n) is 16.4. The predicted octanol–water partition coefficient (Wildman–Crippen LogP) is 4.70. The van der Waals surface area contributed by atoms with Gasteiger partial charge in [-0.15, -0.1) is 11.8 Å². The van der Waals surface area contributed by atoms with E-state index in [1.807, 2.05) is 44.2 Å². The molecular weight excluding hydrogens is 358 g/mol. The molecule has 0 radical (unpaired) electrons. The molecule has 0 saturated heterocycles. The number of thioether (sulfide) groups is 1. The number of carbonyl (C=O) groups is 2. The van der Waals surface area contributed by atoms with Crippen LogP contribution in [0, 0.1) is 13.8 Å². The van der Waals surface area contributed by atoms with Crippen LogP contribution >= 0.6 is 11.8 Å². The summed E-state index contributed by atoms with van der Waals surface area (Å²) in [6.07, 6.45) is 1.66. The number of rotatable bonds is 8. The van der Waals surface area contributed by atoms with Crippen LogP contribution in [0.25, 0.3) is 0 Å². The molecule has 2 aromatic carbocycles. The third-order valence-electron chi connectivity index (χ3n) is 4.30. The summed E-state index contributed by atoms with van der Waals surface area (Å²) < 4.78 is 5.14. The van der Waals surface area contributed by atoms with Crippen LogP contribution in [0.1, 0.15) is 36.1 Å². The highest BCUT2D eigenvalue weighted by Gasteiger charge is 2.13. The van der Waals surface area contributed by atoms with Crippen LogP contribution in [-0.2, 0) is 27.2 Å². The number of benzene rings is 2. The van der Waals surface area contributed by atoms with Crippen molar-refractivity contribution in [2.75, 3.05) is 17.7 Å². The highest BCUT2D eigenvalue weighted by Crippen LogP contribution is 2.24. The molecule has 1 N–H and O–H groups in total. The first-order valence-corrected chi connectivity index (χ1v) is 10.2. The van der Waals surface area contributed by atoms with E-state index < -0.39 is 5.97 Å². The van der Waals surface area contributed by atoms with Crippen molar-refractivity contribution in [3.63, 3.8) is 0 Å². The van der Waals surface area contributed by atoms with Crippen molar-refractivity contribution in [2.45, 2.75) is 45.4 Å². The maximum absolute atomic E-state index is 12.2. The van der Waals surface area contributed by atoms with Crippen molar-refractivity contribution in [2.24, 2.45) is 0 Å². The number of nitrogens with one attached hydrogen (secondary N) is 1. The Bertz CT molecular complexity index is 795. The molecule has 4 nitrogen and oxygen atoms in total. The van der Waals surface area contributed by atoms with Gasteiger partial charge < -0.3 is 10.1 Å². The van der Waals surface area contributed by atoms with Gasteiger partial charge in [0.1, 0.15) is 0 Å². The molecule has 2 rings (SSSR count). The van der Waals surface area contributed by atoms with E-state index in [4.69, 9.17) is 4.74 Å². The molecule has 0 aliphatic carbocycles. The second-order valence-corrected chi connectivity index (χ2v) is 7.44.